The van der Waals surface area contributed by atoms with Crippen molar-refractivity contribution in [2.75, 3.05) is 17.7 Å². The minimum atomic E-state index is -0.525. The lowest BCUT2D eigenvalue weighted by Crippen LogP contribution is -2.25. The summed E-state index contributed by atoms with van der Waals surface area (Å²) in [7, 11) is 0. The number of nitro groups is 1. The third-order valence-electron chi connectivity index (χ3n) is 7.02. The van der Waals surface area contributed by atoms with E-state index in [1.807, 2.05) is 31.2 Å². The molecule has 0 fully saturated rings. The fourth-order valence-electron chi connectivity index (χ4n) is 4.95. The Hall–Kier alpha value is -4.56. The molecule has 2 heterocycles. The number of anilines is 1. The number of hydrogen-bond acceptors (Lipinski definition) is 10. The summed E-state index contributed by atoms with van der Waals surface area (Å²) in [5.41, 5.74) is 3.61. The van der Waals surface area contributed by atoms with Gasteiger partial charge in [0.2, 0.25) is 5.91 Å². The highest BCUT2D eigenvalue weighted by Crippen LogP contribution is 2.39. The number of carbonyl (C=O) groups is 3. The Kier molecular flexibility index (Phi) is 9.40. The summed E-state index contributed by atoms with van der Waals surface area (Å²) in [6, 6.07) is 11.9. The van der Waals surface area contributed by atoms with Gasteiger partial charge in [0.05, 0.1) is 29.4 Å². The summed E-state index contributed by atoms with van der Waals surface area (Å²) >= 11 is 2.58. The highest BCUT2D eigenvalue weighted by molar-refractivity contribution is 7.99. The van der Waals surface area contributed by atoms with Crippen molar-refractivity contribution in [2.45, 2.75) is 51.7 Å². The molecule has 14 heteroatoms. The number of esters is 1. The van der Waals surface area contributed by atoms with Crippen molar-refractivity contribution in [3.05, 3.63) is 91.1 Å². The third-order valence-corrected chi connectivity index (χ3v) is 9.16. The van der Waals surface area contributed by atoms with Crippen LogP contribution in [0.4, 0.5) is 10.7 Å². The lowest BCUT2D eigenvalue weighted by molar-refractivity contribution is -0.385. The zero-order valence-electron chi connectivity index (χ0n) is 24.3. The van der Waals surface area contributed by atoms with E-state index in [9.17, 15) is 24.5 Å². The van der Waals surface area contributed by atoms with E-state index in [1.165, 1.54) is 41.3 Å². The van der Waals surface area contributed by atoms with Crippen LogP contribution in [0.3, 0.4) is 0 Å². The third kappa shape index (κ3) is 6.65. The normalized spacial score (nSPS) is 12.1. The lowest BCUT2D eigenvalue weighted by atomic mass is 10.1. The number of thiophene rings is 1. The van der Waals surface area contributed by atoms with E-state index >= 15 is 0 Å². The number of benzene rings is 2. The van der Waals surface area contributed by atoms with Gasteiger partial charge in [0.25, 0.3) is 11.6 Å². The minimum absolute atomic E-state index is 0.00578. The fraction of sp³-hybridized carbons (Fsp3) is 0.300. The number of fused-ring (bicyclic) bond motifs is 1. The number of hydrogen-bond donors (Lipinski definition) is 2. The Morgan fingerprint density at radius 2 is 1.95 bits per heavy atom. The molecule has 0 radical (unpaired) electrons. The van der Waals surface area contributed by atoms with Crippen molar-refractivity contribution in [2.24, 2.45) is 0 Å². The van der Waals surface area contributed by atoms with E-state index in [-0.39, 0.29) is 36.1 Å². The van der Waals surface area contributed by atoms with Crippen molar-refractivity contribution < 1.29 is 24.0 Å². The second kappa shape index (κ2) is 13.4. The van der Waals surface area contributed by atoms with Crippen LogP contribution >= 0.6 is 23.1 Å². The molecule has 228 valence electrons. The van der Waals surface area contributed by atoms with Crippen LogP contribution in [-0.2, 0) is 28.9 Å². The molecule has 2 N–H and O–H groups in total. The predicted octanol–water partition coefficient (Wildman–Crippen LogP) is 5.18. The van der Waals surface area contributed by atoms with Gasteiger partial charge in [-0.25, -0.2) is 4.79 Å². The smallest absolute Gasteiger partial charge is 0.341 e. The molecular formula is C30H30N6O6S2. The number of rotatable bonds is 11. The van der Waals surface area contributed by atoms with E-state index in [0.29, 0.717) is 27.1 Å². The second-order valence-corrected chi connectivity index (χ2v) is 12.2. The number of aromatic nitrogens is 3. The molecule has 2 aromatic carbocycles. The van der Waals surface area contributed by atoms with Crippen LogP contribution in [0.5, 0.6) is 0 Å². The molecule has 0 spiro atoms. The standard InChI is InChI=1S/C30H30N6O6S2/c1-4-42-29(39)26-21-9-6-10-23(21)44-28(26)32-25(37)16-43-30-34-33-24(35(30)20-8-5-7-17(2)13-20)15-31-27(38)19-12-11-18(3)22(14-19)36(40)41/h5,7-8,11-14H,4,6,9-10,15-16H2,1-3H3,(H,31,38)(H,32,37). The molecule has 0 atom stereocenters. The van der Waals surface area contributed by atoms with Gasteiger partial charge in [0.1, 0.15) is 5.00 Å². The average Bonchev–Trinajstić information content (AvgIpc) is 3.69. The lowest BCUT2D eigenvalue weighted by Gasteiger charge is -2.12. The topological polar surface area (TPSA) is 158 Å². The number of nitrogens with zero attached hydrogens (tertiary/aromatic N) is 4. The molecule has 1 aliphatic carbocycles. The van der Waals surface area contributed by atoms with Crippen molar-refractivity contribution in [3.63, 3.8) is 0 Å². The first-order chi connectivity index (χ1) is 21.2. The highest BCUT2D eigenvalue weighted by atomic mass is 32.2. The largest absolute Gasteiger partial charge is 0.462 e. The summed E-state index contributed by atoms with van der Waals surface area (Å²) in [6.07, 6.45) is 2.63. The van der Waals surface area contributed by atoms with Crippen LogP contribution in [0, 0.1) is 24.0 Å². The quantitative estimate of drug-likeness (QED) is 0.0981. The molecule has 0 aliphatic heterocycles. The van der Waals surface area contributed by atoms with Crippen molar-refractivity contribution in [1.82, 2.24) is 20.1 Å². The highest BCUT2D eigenvalue weighted by Gasteiger charge is 2.28. The number of thioether (sulfide) groups is 1. The van der Waals surface area contributed by atoms with Gasteiger partial charge < -0.3 is 15.4 Å². The molecule has 0 bridgehead atoms. The van der Waals surface area contributed by atoms with Gasteiger partial charge in [-0.15, -0.1) is 21.5 Å². The maximum Gasteiger partial charge on any atom is 0.341 e. The summed E-state index contributed by atoms with van der Waals surface area (Å²) in [5.74, 6) is -0.835. The minimum Gasteiger partial charge on any atom is -0.462 e. The van der Waals surface area contributed by atoms with E-state index in [0.717, 1.165) is 41.0 Å². The van der Waals surface area contributed by atoms with E-state index in [2.05, 4.69) is 20.8 Å². The van der Waals surface area contributed by atoms with Crippen LogP contribution in [0.15, 0.2) is 47.6 Å². The van der Waals surface area contributed by atoms with Gasteiger partial charge in [0, 0.05) is 27.8 Å². The number of nitro benzene ring substituents is 1. The maximum atomic E-state index is 13.1. The Labute approximate surface area is 261 Å². The SMILES string of the molecule is CCOC(=O)c1c(NC(=O)CSc2nnc(CNC(=O)c3ccc(C)c([N+](=O)[O-])c3)n2-c2cccc(C)c2)sc2c1CCC2. The van der Waals surface area contributed by atoms with Gasteiger partial charge >= 0.3 is 5.97 Å². The number of amides is 2. The zero-order valence-corrected chi connectivity index (χ0v) is 26.0. The van der Waals surface area contributed by atoms with Gasteiger partial charge in [-0.2, -0.15) is 0 Å². The molecule has 2 amide bonds. The summed E-state index contributed by atoms with van der Waals surface area (Å²) in [5, 5.41) is 26.5. The van der Waals surface area contributed by atoms with Gasteiger partial charge in [0.15, 0.2) is 11.0 Å². The first-order valence-electron chi connectivity index (χ1n) is 13.9. The monoisotopic (exact) mass is 634 g/mol. The maximum absolute atomic E-state index is 13.1. The Balaban J connectivity index is 1.33. The molecule has 2 aromatic heterocycles. The van der Waals surface area contributed by atoms with Gasteiger partial charge in [-0.05, 0) is 69.4 Å². The summed E-state index contributed by atoms with van der Waals surface area (Å²) in [6.45, 7) is 5.53. The summed E-state index contributed by atoms with van der Waals surface area (Å²) < 4.78 is 7.02. The molecular weight excluding hydrogens is 605 g/mol. The molecule has 5 rings (SSSR count). The van der Waals surface area contributed by atoms with Crippen LogP contribution in [0.1, 0.15) is 61.5 Å². The fourth-order valence-corrected chi connectivity index (χ4v) is 7.01. The molecule has 1 aliphatic rings. The number of aryl methyl sites for hydroxylation is 3. The molecule has 0 saturated carbocycles. The van der Waals surface area contributed by atoms with E-state index in [4.69, 9.17) is 4.74 Å². The Morgan fingerprint density at radius 3 is 2.70 bits per heavy atom. The van der Waals surface area contributed by atoms with Crippen molar-refractivity contribution in [3.8, 4) is 5.69 Å². The number of nitrogens with one attached hydrogen (secondary N) is 2. The van der Waals surface area contributed by atoms with Crippen molar-refractivity contribution in [1.29, 1.82) is 0 Å². The summed E-state index contributed by atoms with van der Waals surface area (Å²) in [4.78, 5) is 50.6. The molecule has 4 aromatic rings. The van der Waals surface area contributed by atoms with Crippen LogP contribution in [0.2, 0.25) is 0 Å². The predicted molar refractivity (Wildman–Crippen MR) is 167 cm³/mol. The molecule has 12 nitrogen and oxygen atoms in total. The van der Waals surface area contributed by atoms with Crippen LogP contribution in [0.25, 0.3) is 5.69 Å². The number of ether oxygens (including phenoxy) is 1. The Morgan fingerprint density at radius 1 is 1.14 bits per heavy atom. The second-order valence-electron chi connectivity index (χ2n) is 10.1. The molecule has 44 heavy (non-hydrogen) atoms. The van der Waals surface area contributed by atoms with Crippen molar-refractivity contribution >= 4 is 51.6 Å². The molecule has 0 unspecified atom stereocenters. The number of carbonyl (C=O) groups excluding carboxylic acids is 3. The first kappa shape index (κ1) is 30.9. The van der Waals surface area contributed by atoms with Gasteiger partial charge in [-0.1, -0.05) is 30.0 Å². The average molecular weight is 635 g/mol. The van der Waals surface area contributed by atoms with E-state index < -0.39 is 16.8 Å². The molecule has 0 saturated heterocycles. The first-order valence-corrected chi connectivity index (χ1v) is 15.7. The van der Waals surface area contributed by atoms with E-state index in [1.54, 1.807) is 18.4 Å². The zero-order chi connectivity index (χ0) is 31.4. The van der Waals surface area contributed by atoms with Crippen LogP contribution < -0.4 is 10.6 Å². The Bertz CT molecular complexity index is 1760. The van der Waals surface area contributed by atoms with Crippen LogP contribution in [-0.4, -0.2) is 49.8 Å². The van der Waals surface area contributed by atoms with Gasteiger partial charge in [-0.3, -0.25) is 24.3 Å².